The molecule has 8 atom stereocenters. The molecule has 2 aliphatic rings. The van der Waals surface area contributed by atoms with Crippen LogP contribution in [0.25, 0.3) is 0 Å². The predicted molar refractivity (Wildman–Crippen MR) is 256 cm³/mol. The summed E-state index contributed by atoms with van der Waals surface area (Å²) in [6.07, 6.45) is -7.12. The maximum absolute atomic E-state index is 14.1. The van der Waals surface area contributed by atoms with E-state index in [0.717, 1.165) is 52.9 Å². The van der Waals surface area contributed by atoms with Crippen molar-refractivity contribution in [3.8, 4) is 5.75 Å². The molecule has 3 aromatic rings. The topological polar surface area (TPSA) is 319 Å². The number of ether oxygens (including phenoxy) is 6. The van der Waals surface area contributed by atoms with Crippen LogP contribution < -0.4 is 20.7 Å². The summed E-state index contributed by atoms with van der Waals surface area (Å²) in [6, 6.07) is 6.91. The van der Waals surface area contributed by atoms with Crippen LogP contribution in [-0.4, -0.2) is 132 Å². The molecule has 23 heteroatoms. The van der Waals surface area contributed by atoms with E-state index >= 15 is 0 Å². The molecule has 23 nitrogen and oxygen atoms in total. The number of amides is 3. The highest BCUT2D eigenvalue weighted by molar-refractivity contribution is 5.95. The molecule has 1 aliphatic heterocycles. The summed E-state index contributed by atoms with van der Waals surface area (Å²) in [5.74, 6) is -6.44. The van der Waals surface area contributed by atoms with Gasteiger partial charge in [-0.15, -0.1) is 5.10 Å². The standard InChI is InChI=1S/C50H66N6O17/c1-26-18-34(19-27(2)43(26)70-30(5)59)46(64)51-23-39(69-29(4)58)44(71-31(6)60)45-41(53-40(62)25-56-24-36(54-55-56)32-14-11-10-12-15-32)38(68-28(3)57)22-50(72-45,47(65)66)21-37(61)42(63)33-16-13-17-35(20-33)52-48(67)73-49(7,8)9/h13,16-20,24,32,37-39,41-42,44-45,61,63H,10-12,14-15,21-23,25H2,1-9H3,(H,51,64)(H,52,67)(H,53,62)(H,65,66)/t37-,38-,39+,41+,42-,44+,45+,50+/m0/s1. The molecule has 6 N–H and O–H groups in total. The summed E-state index contributed by atoms with van der Waals surface area (Å²) in [4.78, 5) is 105. The highest BCUT2D eigenvalue weighted by Gasteiger charge is 2.58. The molecule has 0 radical (unpaired) electrons. The van der Waals surface area contributed by atoms with Crippen molar-refractivity contribution in [2.75, 3.05) is 11.9 Å². The Balaban J connectivity index is 1.56. The molecule has 3 amide bonds. The van der Waals surface area contributed by atoms with Crippen LogP contribution in [0.3, 0.4) is 0 Å². The first-order chi connectivity index (χ1) is 34.2. The van der Waals surface area contributed by atoms with Crippen LogP contribution >= 0.6 is 0 Å². The third kappa shape index (κ3) is 16.0. The first-order valence-corrected chi connectivity index (χ1v) is 23.9. The monoisotopic (exact) mass is 1020 g/mol. The van der Waals surface area contributed by atoms with Gasteiger partial charge in [0.25, 0.3) is 5.91 Å². The number of carbonyl (C=O) groups is 8. The summed E-state index contributed by atoms with van der Waals surface area (Å²) in [5, 5.41) is 50.7. The predicted octanol–water partition coefficient (Wildman–Crippen LogP) is 4.02. The van der Waals surface area contributed by atoms with E-state index in [9.17, 15) is 53.7 Å². The number of hydrogen-bond acceptors (Lipinski definition) is 18. The number of aliphatic hydroxyl groups excluding tert-OH is 2. The van der Waals surface area contributed by atoms with Gasteiger partial charge in [0.15, 0.2) is 17.8 Å². The lowest BCUT2D eigenvalue weighted by atomic mass is 9.79. The molecule has 1 saturated heterocycles. The molecule has 2 heterocycles. The number of carboxylic acid groups (broad SMARTS) is 1. The third-order valence-corrected chi connectivity index (χ3v) is 12.1. The Labute approximate surface area is 421 Å². The fraction of sp³-hybridized carbons (Fsp3) is 0.560. The fourth-order valence-corrected chi connectivity index (χ4v) is 9.09. The largest absolute Gasteiger partial charge is 0.479 e. The average Bonchev–Trinajstić information content (AvgIpc) is 3.76. The summed E-state index contributed by atoms with van der Waals surface area (Å²) in [6.45, 7) is 11.3. The highest BCUT2D eigenvalue weighted by atomic mass is 16.6. The number of rotatable bonds is 19. The van der Waals surface area contributed by atoms with Crippen molar-refractivity contribution in [1.29, 1.82) is 0 Å². The van der Waals surface area contributed by atoms with E-state index < -0.39 is 128 Å². The van der Waals surface area contributed by atoms with Gasteiger partial charge >= 0.3 is 35.9 Å². The molecule has 0 spiro atoms. The molecule has 0 bridgehead atoms. The summed E-state index contributed by atoms with van der Waals surface area (Å²) < 4.78 is 35.6. The van der Waals surface area contributed by atoms with Crippen LogP contribution in [0.1, 0.15) is 138 Å². The first-order valence-electron chi connectivity index (χ1n) is 23.9. The molecule has 5 rings (SSSR count). The normalized spacial score (nSPS) is 20.7. The number of esters is 4. The molecule has 73 heavy (non-hydrogen) atoms. The van der Waals surface area contributed by atoms with Gasteiger partial charge in [0, 0.05) is 63.9 Å². The van der Waals surface area contributed by atoms with Gasteiger partial charge in [0.1, 0.15) is 36.2 Å². The summed E-state index contributed by atoms with van der Waals surface area (Å²) >= 11 is 0. The number of aliphatic hydroxyl groups is 2. The van der Waals surface area contributed by atoms with Crippen molar-refractivity contribution < 1.29 is 82.1 Å². The summed E-state index contributed by atoms with van der Waals surface area (Å²) in [5.41, 5.74) is -1.70. The number of nitrogens with zero attached hydrogens (tertiary/aromatic N) is 3. The van der Waals surface area contributed by atoms with Gasteiger partial charge < -0.3 is 54.4 Å². The molecular formula is C50H66N6O17. The van der Waals surface area contributed by atoms with Crippen molar-refractivity contribution in [3.05, 3.63) is 70.5 Å². The number of aliphatic carboxylic acids is 1. The maximum Gasteiger partial charge on any atom is 0.412 e. The van der Waals surface area contributed by atoms with E-state index in [1.54, 1.807) is 40.8 Å². The van der Waals surface area contributed by atoms with Crippen molar-refractivity contribution in [2.24, 2.45) is 0 Å². The number of benzene rings is 2. The van der Waals surface area contributed by atoms with Gasteiger partial charge in [-0.1, -0.05) is 36.6 Å². The van der Waals surface area contributed by atoms with Gasteiger partial charge in [-0.25, -0.2) is 14.3 Å². The average molecular weight is 1020 g/mol. The van der Waals surface area contributed by atoms with E-state index in [1.165, 1.54) is 48.0 Å². The van der Waals surface area contributed by atoms with E-state index in [0.29, 0.717) is 16.8 Å². The number of aromatic nitrogens is 3. The second-order valence-electron chi connectivity index (χ2n) is 19.4. The lowest BCUT2D eigenvalue weighted by Crippen LogP contribution is -2.69. The minimum atomic E-state index is -2.65. The minimum absolute atomic E-state index is 0.0187. The Morgan fingerprint density at radius 2 is 1.55 bits per heavy atom. The number of nitrogens with one attached hydrogen (secondary N) is 3. The molecule has 1 aromatic heterocycles. The lowest BCUT2D eigenvalue weighted by molar-refractivity contribution is -0.245. The quantitative estimate of drug-likeness (QED) is 0.0561. The molecule has 398 valence electrons. The zero-order valence-corrected chi connectivity index (χ0v) is 42.4. The van der Waals surface area contributed by atoms with Gasteiger partial charge in [-0.05, 0) is 88.4 Å². The molecule has 0 unspecified atom stereocenters. The minimum Gasteiger partial charge on any atom is -0.479 e. The smallest absolute Gasteiger partial charge is 0.412 e. The molecule has 1 saturated carbocycles. The molecule has 2 aromatic carbocycles. The second kappa shape index (κ2) is 24.6. The Morgan fingerprint density at radius 1 is 0.890 bits per heavy atom. The van der Waals surface area contributed by atoms with Gasteiger partial charge in [0.05, 0.1) is 24.4 Å². The zero-order valence-electron chi connectivity index (χ0n) is 42.4. The second-order valence-corrected chi connectivity index (χ2v) is 19.4. The number of aryl methyl sites for hydroxylation is 2. The SMILES string of the molecule is CC(=O)Oc1c(C)cc(C(=O)NC[C@@H](OC(C)=O)[C@@H](OC(C)=O)[C@@H]2O[C@@](C[C@H](O)[C@@H](O)c3cccc(NC(=O)OC(C)(C)C)c3)(C(=O)O)C[C@H](OC(C)=O)[C@H]2NC(=O)Cn2cc(C3CCCCC3)nn2)cc1C. The van der Waals surface area contributed by atoms with Crippen LogP contribution in [0.5, 0.6) is 5.75 Å². The van der Waals surface area contributed by atoms with Crippen molar-refractivity contribution in [1.82, 2.24) is 25.6 Å². The Kier molecular flexibility index (Phi) is 19.2. The van der Waals surface area contributed by atoms with Crippen LogP contribution in [0.2, 0.25) is 0 Å². The first kappa shape index (κ1) is 56.9. The molecular weight excluding hydrogens is 957 g/mol. The maximum atomic E-state index is 14.1. The van der Waals surface area contributed by atoms with Gasteiger partial charge in [-0.3, -0.25) is 34.1 Å². The van der Waals surface area contributed by atoms with Crippen LogP contribution in [-0.2, 0) is 59.0 Å². The van der Waals surface area contributed by atoms with Crippen LogP contribution in [0.4, 0.5) is 10.5 Å². The van der Waals surface area contributed by atoms with Gasteiger partial charge in [-0.2, -0.15) is 0 Å². The summed E-state index contributed by atoms with van der Waals surface area (Å²) in [7, 11) is 0. The number of carboxylic acids is 1. The van der Waals surface area contributed by atoms with E-state index in [4.69, 9.17) is 28.4 Å². The van der Waals surface area contributed by atoms with Crippen LogP contribution in [0, 0.1) is 13.8 Å². The molecule has 1 aliphatic carbocycles. The van der Waals surface area contributed by atoms with Crippen LogP contribution in [0.15, 0.2) is 42.6 Å². The van der Waals surface area contributed by atoms with Gasteiger partial charge in [0.2, 0.25) is 5.91 Å². The van der Waals surface area contributed by atoms with Crippen molar-refractivity contribution >= 4 is 53.4 Å². The number of anilines is 1. The van der Waals surface area contributed by atoms with Crippen molar-refractivity contribution in [3.63, 3.8) is 0 Å². The van der Waals surface area contributed by atoms with E-state index in [1.807, 2.05) is 0 Å². The number of hydrogen-bond donors (Lipinski definition) is 6. The highest BCUT2D eigenvalue weighted by Crippen LogP contribution is 2.40. The van der Waals surface area contributed by atoms with E-state index in [2.05, 4.69) is 26.3 Å². The lowest BCUT2D eigenvalue weighted by Gasteiger charge is -2.49. The Morgan fingerprint density at radius 3 is 2.14 bits per heavy atom. The zero-order chi connectivity index (χ0) is 53.9. The Hall–Kier alpha value is -6.98. The fourth-order valence-electron chi connectivity index (χ4n) is 9.09. The van der Waals surface area contributed by atoms with E-state index in [-0.39, 0.29) is 28.5 Å². The Bertz CT molecular complexity index is 2490. The van der Waals surface area contributed by atoms with Crippen molar-refractivity contribution in [2.45, 2.75) is 174 Å². The third-order valence-electron chi connectivity index (χ3n) is 12.1. The number of carbonyl (C=O) groups excluding carboxylic acids is 7. The molecule has 2 fully saturated rings.